The van der Waals surface area contributed by atoms with E-state index in [1.165, 1.54) is 76.6 Å². The standard InChI is InChI=1S/C36H26N2/c1-37-31-19-11-9-17-25(31)29-21-28(24-15-7-4-8-16-24)34-33(35(29)37)27(23-13-5-3-6-14-23)22-30-26-18-10-12-20-32(26)38(2)36(30)34/h3-22H,1-2H3. The van der Waals surface area contributed by atoms with Gasteiger partial charge in [0, 0.05) is 57.4 Å². The van der Waals surface area contributed by atoms with Gasteiger partial charge >= 0.3 is 0 Å². The molecular weight excluding hydrogens is 460 g/mol. The van der Waals surface area contributed by atoms with E-state index in [1.54, 1.807) is 0 Å². The molecule has 2 heteroatoms. The summed E-state index contributed by atoms with van der Waals surface area (Å²) in [5.74, 6) is 0. The maximum absolute atomic E-state index is 2.43. The van der Waals surface area contributed by atoms with E-state index < -0.39 is 0 Å². The normalized spacial score (nSPS) is 11.9. The summed E-state index contributed by atoms with van der Waals surface area (Å²) in [6, 6.07) is 44.2. The minimum absolute atomic E-state index is 1.24. The van der Waals surface area contributed by atoms with E-state index >= 15 is 0 Å². The Balaban J connectivity index is 1.75. The molecule has 0 atom stereocenters. The highest BCUT2D eigenvalue weighted by Crippen LogP contribution is 2.48. The molecule has 2 nitrogen and oxygen atoms in total. The van der Waals surface area contributed by atoms with Crippen molar-refractivity contribution in [3.8, 4) is 22.3 Å². The molecule has 8 rings (SSSR count). The number of hydrogen-bond donors (Lipinski definition) is 0. The highest BCUT2D eigenvalue weighted by Gasteiger charge is 2.23. The maximum Gasteiger partial charge on any atom is 0.0575 e. The molecule has 2 aromatic heterocycles. The van der Waals surface area contributed by atoms with Gasteiger partial charge in [0.2, 0.25) is 0 Å². The second-order valence-corrected chi connectivity index (χ2v) is 10.3. The van der Waals surface area contributed by atoms with Crippen LogP contribution in [0.1, 0.15) is 0 Å². The number of para-hydroxylation sites is 2. The molecule has 0 aliphatic carbocycles. The molecular formula is C36H26N2. The largest absolute Gasteiger partial charge is 0.343 e. The SMILES string of the molecule is Cn1c2ccccc2c2cc(-c3ccccc3)c3c(c(-c4ccccc4)cc4c5ccccc5n(C)c43)c21. The zero-order valence-electron chi connectivity index (χ0n) is 21.4. The van der Waals surface area contributed by atoms with Crippen LogP contribution in [-0.2, 0) is 14.1 Å². The maximum atomic E-state index is 2.43. The fourth-order valence-corrected chi connectivity index (χ4v) is 6.63. The summed E-state index contributed by atoms with van der Waals surface area (Å²) in [6.07, 6.45) is 0. The molecule has 8 aromatic rings. The number of benzene rings is 6. The van der Waals surface area contributed by atoms with Gasteiger partial charge in [0.15, 0.2) is 0 Å². The van der Waals surface area contributed by atoms with Crippen molar-refractivity contribution >= 4 is 54.4 Å². The fourth-order valence-electron chi connectivity index (χ4n) is 6.63. The first-order valence-electron chi connectivity index (χ1n) is 13.2. The number of hydrogen-bond acceptors (Lipinski definition) is 0. The molecule has 0 saturated heterocycles. The first-order chi connectivity index (χ1) is 18.7. The highest BCUT2D eigenvalue weighted by molar-refractivity contribution is 6.32. The number of aryl methyl sites for hydroxylation is 2. The van der Waals surface area contributed by atoms with Crippen molar-refractivity contribution in [1.29, 1.82) is 0 Å². The molecule has 0 radical (unpaired) electrons. The molecule has 0 aliphatic rings. The van der Waals surface area contributed by atoms with E-state index in [4.69, 9.17) is 0 Å². The van der Waals surface area contributed by atoms with E-state index in [1.807, 2.05) is 0 Å². The minimum Gasteiger partial charge on any atom is -0.343 e. The lowest BCUT2D eigenvalue weighted by Crippen LogP contribution is -1.95. The topological polar surface area (TPSA) is 9.86 Å². The predicted octanol–water partition coefficient (Wildman–Crippen LogP) is 9.46. The minimum atomic E-state index is 1.24. The summed E-state index contributed by atoms with van der Waals surface area (Å²) in [5, 5.41) is 7.80. The lowest BCUT2D eigenvalue weighted by molar-refractivity contribution is 1.02. The molecule has 0 unspecified atom stereocenters. The average Bonchev–Trinajstić information content (AvgIpc) is 3.44. The molecule has 2 heterocycles. The quantitative estimate of drug-likeness (QED) is 0.230. The van der Waals surface area contributed by atoms with Gasteiger partial charge in [-0.1, -0.05) is 97.1 Å². The molecule has 0 bridgehead atoms. The van der Waals surface area contributed by atoms with E-state index in [0.717, 1.165) is 0 Å². The van der Waals surface area contributed by atoms with Crippen LogP contribution >= 0.6 is 0 Å². The number of rotatable bonds is 2. The second-order valence-electron chi connectivity index (χ2n) is 10.3. The van der Waals surface area contributed by atoms with Crippen LogP contribution in [0.5, 0.6) is 0 Å². The van der Waals surface area contributed by atoms with Crippen molar-refractivity contribution in [3.63, 3.8) is 0 Å². The Labute approximate surface area is 221 Å². The molecule has 6 aromatic carbocycles. The average molecular weight is 487 g/mol. The molecule has 0 aliphatic heterocycles. The second kappa shape index (κ2) is 7.84. The summed E-state index contributed by atoms with van der Waals surface area (Å²) >= 11 is 0. The highest BCUT2D eigenvalue weighted by atomic mass is 15.0. The third-order valence-electron chi connectivity index (χ3n) is 8.30. The molecule has 0 spiro atoms. The Morgan fingerprint density at radius 1 is 0.395 bits per heavy atom. The smallest absolute Gasteiger partial charge is 0.0575 e. The summed E-state index contributed by atoms with van der Waals surface area (Å²) in [6.45, 7) is 0. The first kappa shape index (κ1) is 21.3. The van der Waals surface area contributed by atoms with E-state index in [9.17, 15) is 0 Å². The van der Waals surface area contributed by atoms with Crippen LogP contribution in [0.25, 0.3) is 76.6 Å². The van der Waals surface area contributed by atoms with E-state index in [-0.39, 0.29) is 0 Å². The van der Waals surface area contributed by atoms with Gasteiger partial charge in [0.25, 0.3) is 0 Å². The predicted molar refractivity (Wildman–Crippen MR) is 163 cm³/mol. The number of nitrogens with zero attached hydrogens (tertiary/aromatic N) is 2. The van der Waals surface area contributed by atoms with Crippen LogP contribution in [-0.4, -0.2) is 9.13 Å². The van der Waals surface area contributed by atoms with Crippen LogP contribution < -0.4 is 0 Å². The molecule has 180 valence electrons. The molecule has 0 fully saturated rings. The van der Waals surface area contributed by atoms with Crippen LogP contribution in [0.3, 0.4) is 0 Å². The van der Waals surface area contributed by atoms with Crippen molar-refractivity contribution in [2.75, 3.05) is 0 Å². The van der Waals surface area contributed by atoms with Crippen molar-refractivity contribution in [2.24, 2.45) is 14.1 Å². The molecule has 38 heavy (non-hydrogen) atoms. The van der Waals surface area contributed by atoms with Gasteiger partial charge in [0.1, 0.15) is 0 Å². The van der Waals surface area contributed by atoms with Crippen molar-refractivity contribution in [3.05, 3.63) is 121 Å². The Morgan fingerprint density at radius 2 is 0.763 bits per heavy atom. The lowest BCUT2D eigenvalue weighted by atomic mass is 9.88. The summed E-state index contributed by atoms with van der Waals surface area (Å²) < 4.78 is 4.78. The van der Waals surface area contributed by atoms with Gasteiger partial charge in [-0.15, -0.1) is 0 Å². The molecule has 0 saturated carbocycles. The van der Waals surface area contributed by atoms with Crippen LogP contribution in [0.15, 0.2) is 121 Å². The summed E-state index contributed by atoms with van der Waals surface area (Å²) in [7, 11) is 4.43. The van der Waals surface area contributed by atoms with Gasteiger partial charge in [-0.05, 0) is 46.5 Å². The Bertz CT molecular complexity index is 2020. The molecule has 0 N–H and O–H groups in total. The third-order valence-corrected chi connectivity index (χ3v) is 8.30. The zero-order chi connectivity index (χ0) is 25.4. The summed E-state index contributed by atoms with van der Waals surface area (Å²) in [5.41, 5.74) is 10.1. The number of fused-ring (bicyclic) bond motifs is 9. The van der Waals surface area contributed by atoms with Gasteiger partial charge in [-0.3, -0.25) is 0 Å². The van der Waals surface area contributed by atoms with E-state index in [2.05, 4.69) is 145 Å². The van der Waals surface area contributed by atoms with Gasteiger partial charge in [-0.2, -0.15) is 0 Å². The Morgan fingerprint density at radius 3 is 1.18 bits per heavy atom. The van der Waals surface area contributed by atoms with Crippen LogP contribution in [0, 0.1) is 0 Å². The Hall–Kier alpha value is -4.82. The first-order valence-corrected chi connectivity index (χ1v) is 13.2. The van der Waals surface area contributed by atoms with Gasteiger partial charge in [0.05, 0.1) is 11.0 Å². The van der Waals surface area contributed by atoms with Gasteiger partial charge in [-0.25, -0.2) is 0 Å². The lowest BCUT2D eigenvalue weighted by Gasteiger charge is -2.17. The van der Waals surface area contributed by atoms with Gasteiger partial charge < -0.3 is 9.13 Å². The van der Waals surface area contributed by atoms with E-state index in [0.29, 0.717) is 0 Å². The number of aromatic nitrogens is 2. The third kappa shape index (κ3) is 2.77. The van der Waals surface area contributed by atoms with Crippen molar-refractivity contribution in [1.82, 2.24) is 9.13 Å². The van der Waals surface area contributed by atoms with Crippen LogP contribution in [0.4, 0.5) is 0 Å². The van der Waals surface area contributed by atoms with Crippen molar-refractivity contribution in [2.45, 2.75) is 0 Å². The van der Waals surface area contributed by atoms with Crippen LogP contribution in [0.2, 0.25) is 0 Å². The fraction of sp³-hybridized carbons (Fsp3) is 0.0556. The summed E-state index contributed by atoms with van der Waals surface area (Å²) in [4.78, 5) is 0. The zero-order valence-corrected chi connectivity index (χ0v) is 21.4. The molecule has 0 amide bonds. The Kier molecular flexibility index (Phi) is 4.39. The monoisotopic (exact) mass is 486 g/mol. The van der Waals surface area contributed by atoms with Crippen molar-refractivity contribution < 1.29 is 0 Å².